The van der Waals surface area contributed by atoms with Crippen LogP contribution in [0.4, 0.5) is 10.1 Å². The van der Waals surface area contributed by atoms with Crippen molar-refractivity contribution in [2.45, 2.75) is 50.5 Å². The largest absolute Gasteiger partial charge is 0.344 e. The summed E-state index contributed by atoms with van der Waals surface area (Å²) in [6.07, 6.45) is 2.69. The smallest absolute Gasteiger partial charge is 0.246 e. The summed E-state index contributed by atoms with van der Waals surface area (Å²) in [5.74, 6) is -1.14. The second-order valence-electron chi connectivity index (χ2n) is 8.61. The monoisotopic (exact) mass is 475 g/mol. The molecule has 1 fully saturated rings. The van der Waals surface area contributed by atoms with E-state index in [1.165, 1.54) is 18.2 Å². The molecule has 2 aromatic carbocycles. The van der Waals surface area contributed by atoms with E-state index in [4.69, 9.17) is 0 Å². The lowest BCUT2D eigenvalue weighted by Crippen LogP contribution is -2.45. The predicted octanol–water partition coefficient (Wildman–Crippen LogP) is 3.36. The molecule has 9 heteroatoms. The van der Waals surface area contributed by atoms with Gasteiger partial charge < -0.3 is 10.6 Å². The van der Waals surface area contributed by atoms with Gasteiger partial charge >= 0.3 is 0 Å². The molecule has 0 bridgehead atoms. The van der Waals surface area contributed by atoms with Gasteiger partial charge in [-0.25, -0.2) is 17.5 Å². The maximum atomic E-state index is 13.3. The Kier molecular flexibility index (Phi) is 8.20. The highest BCUT2D eigenvalue weighted by atomic mass is 32.2. The molecule has 0 aromatic heterocycles. The molecule has 2 amide bonds. The summed E-state index contributed by atoms with van der Waals surface area (Å²) in [5, 5.41) is 5.31. The first-order valence-corrected chi connectivity index (χ1v) is 12.6. The molecule has 1 aliphatic carbocycles. The Balaban J connectivity index is 1.42. The van der Waals surface area contributed by atoms with Crippen LogP contribution in [0.5, 0.6) is 0 Å². The number of nitrogens with one attached hydrogen (secondary N) is 3. The second kappa shape index (κ2) is 10.9. The van der Waals surface area contributed by atoms with Crippen molar-refractivity contribution in [2.75, 3.05) is 11.9 Å². The highest BCUT2D eigenvalue weighted by Gasteiger charge is 2.29. The molecule has 1 aliphatic rings. The van der Waals surface area contributed by atoms with E-state index in [9.17, 15) is 22.4 Å². The predicted molar refractivity (Wildman–Crippen MR) is 124 cm³/mol. The molecule has 1 atom stereocenters. The Morgan fingerprint density at radius 3 is 2.36 bits per heavy atom. The van der Waals surface area contributed by atoms with E-state index in [0.29, 0.717) is 25.1 Å². The lowest BCUT2D eigenvalue weighted by atomic mass is 9.81. The molecule has 0 aliphatic heterocycles. The first kappa shape index (κ1) is 24.9. The van der Waals surface area contributed by atoms with E-state index in [0.717, 1.165) is 18.4 Å². The van der Waals surface area contributed by atoms with Crippen LogP contribution in [0.15, 0.2) is 53.4 Å². The van der Waals surface area contributed by atoms with E-state index in [2.05, 4.69) is 15.4 Å². The van der Waals surface area contributed by atoms with Crippen molar-refractivity contribution in [1.29, 1.82) is 0 Å². The molecule has 0 spiro atoms. The molecule has 3 rings (SSSR count). The molecule has 178 valence electrons. The zero-order valence-corrected chi connectivity index (χ0v) is 19.6. The minimum absolute atomic E-state index is 0.156. The van der Waals surface area contributed by atoms with Crippen molar-refractivity contribution in [1.82, 2.24) is 10.0 Å². The highest BCUT2D eigenvalue weighted by molar-refractivity contribution is 7.89. The summed E-state index contributed by atoms with van der Waals surface area (Å²) < 4.78 is 40.9. The minimum atomic E-state index is -3.56. The molecule has 0 heterocycles. The molecular formula is C24H30FN3O4S. The van der Waals surface area contributed by atoms with Gasteiger partial charge in [0.1, 0.15) is 11.9 Å². The molecule has 7 nitrogen and oxygen atoms in total. The van der Waals surface area contributed by atoms with Crippen molar-refractivity contribution in [2.24, 2.45) is 11.8 Å². The number of aryl methyl sites for hydroxylation is 1. The molecule has 0 unspecified atom stereocenters. The standard InChI is InChI=1S/C24H30FN3O4S/c1-16-6-12-22(13-7-16)33(31,32)26-15-18-8-10-19(11-9-18)24(30)27-17(2)23(29)28-21-5-3-4-20(25)14-21/h3-7,12-14,17-19,26H,8-11,15H2,1-2H3,(H,27,30)(H,28,29)/t17-,18?,19?/m0/s1. The second-order valence-corrected chi connectivity index (χ2v) is 10.4. The summed E-state index contributed by atoms with van der Waals surface area (Å²) in [7, 11) is -3.56. The number of hydrogen-bond acceptors (Lipinski definition) is 4. The zero-order chi connectivity index (χ0) is 24.0. The Morgan fingerprint density at radius 2 is 1.73 bits per heavy atom. The molecule has 1 saturated carbocycles. The lowest BCUT2D eigenvalue weighted by Gasteiger charge is -2.28. The van der Waals surface area contributed by atoms with Crippen LogP contribution >= 0.6 is 0 Å². The first-order valence-electron chi connectivity index (χ1n) is 11.1. The Labute approximate surface area is 194 Å². The fraction of sp³-hybridized carbons (Fsp3) is 0.417. The number of benzene rings is 2. The van der Waals surface area contributed by atoms with Crippen LogP contribution in [0, 0.1) is 24.6 Å². The van der Waals surface area contributed by atoms with Crippen LogP contribution in [-0.2, 0) is 19.6 Å². The molecular weight excluding hydrogens is 445 g/mol. The fourth-order valence-electron chi connectivity index (χ4n) is 3.87. The highest BCUT2D eigenvalue weighted by Crippen LogP contribution is 2.29. The van der Waals surface area contributed by atoms with Gasteiger partial charge in [0, 0.05) is 18.2 Å². The van der Waals surface area contributed by atoms with Gasteiger partial charge in [-0.1, -0.05) is 23.8 Å². The van der Waals surface area contributed by atoms with Crippen molar-refractivity contribution in [3.63, 3.8) is 0 Å². The molecule has 3 N–H and O–H groups in total. The molecule has 0 saturated heterocycles. The number of sulfonamides is 1. The van der Waals surface area contributed by atoms with Crippen molar-refractivity contribution < 1.29 is 22.4 Å². The summed E-state index contributed by atoms with van der Waals surface area (Å²) in [6, 6.07) is 11.5. The van der Waals surface area contributed by atoms with E-state index in [1.54, 1.807) is 37.3 Å². The van der Waals surface area contributed by atoms with Gasteiger partial charge in [0.25, 0.3) is 0 Å². The minimum Gasteiger partial charge on any atom is -0.344 e. The summed E-state index contributed by atoms with van der Waals surface area (Å²) in [5.41, 5.74) is 1.32. The average Bonchev–Trinajstić information content (AvgIpc) is 2.78. The third-order valence-electron chi connectivity index (χ3n) is 5.96. The number of anilines is 1. The third-order valence-corrected chi connectivity index (χ3v) is 7.39. The zero-order valence-electron chi connectivity index (χ0n) is 18.8. The van der Waals surface area contributed by atoms with Crippen molar-refractivity contribution >= 4 is 27.5 Å². The lowest BCUT2D eigenvalue weighted by molar-refractivity contribution is -0.129. The number of carbonyl (C=O) groups is 2. The van der Waals surface area contributed by atoms with E-state index >= 15 is 0 Å². The Bertz CT molecular complexity index is 1080. The van der Waals surface area contributed by atoms with Crippen LogP contribution in [0.3, 0.4) is 0 Å². The van der Waals surface area contributed by atoms with Crippen LogP contribution < -0.4 is 15.4 Å². The molecule has 33 heavy (non-hydrogen) atoms. The number of halogens is 1. The van der Waals surface area contributed by atoms with Crippen LogP contribution in [0.25, 0.3) is 0 Å². The molecule has 2 aromatic rings. The van der Waals surface area contributed by atoms with Gasteiger partial charge in [0.15, 0.2) is 0 Å². The van der Waals surface area contributed by atoms with Crippen LogP contribution in [0.1, 0.15) is 38.2 Å². The first-order chi connectivity index (χ1) is 15.6. The van der Waals surface area contributed by atoms with E-state index < -0.39 is 27.8 Å². The Morgan fingerprint density at radius 1 is 1.06 bits per heavy atom. The maximum absolute atomic E-state index is 13.3. The number of hydrogen-bond donors (Lipinski definition) is 3. The third kappa shape index (κ3) is 7.10. The van der Waals surface area contributed by atoms with Crippen LogP contribution in [0.2, 0.25) is 0 Å². The summed E-state index contributed by atoms with van der Waals surface area (Å²) >= 11 is 0. The fourth-order valence-corrected chi connectivity index (χ4v) is 4.99. The van der Waals surface area contributed by atoms with Gasteiger partial charge in [0.2, 0.25) is 21.8 Å². The quantitative estimate of drug-likeness (QED) is 0.545. The van der Waals surface area contributed by atoms with E-state index in [1.807, 2.05) is 6.92 Å². The topological polar surface area (TPSA) is 104 Å². The van der Waals surface area contributed by atoms with Gasteiger partial charge in [-0.15, -0.1) is 0 Å². The van der Waals surface area contributed by atoms with Gasteiger partial charge in [-0.05, 0) is 75.8 Å². The van der Waals surface area contributed by atoms with Gasteiger partial charge in [0.05, 0.1) is 4.90 Å². The summed E-state index contributed by atoms with van der Waals surface area (Å²) in [4.78, 5) is 25.1. The van der Waals surface area contributed by atoms with Crippen molar-refractivity contribution in [3.05, 3.63) is 59.9 Å². The SMILES string of the molecule is Cc1ccc(S(=O)(=O)NCC2CCC(C(=O)N[C@@H](C)C(=O)Nc3cccc(F)c3)CC2)cc1. The van der Waals surface area contributed by atoms with Gasteiger partial charge in [-0.2, -0.15) is 0 Å². The summed E-state index contributed by atoms with van der Waals surface area (Å²) in [6.45, 7) is 3.81. The normalized spacial score (nSPS) is 19.5. The number of carbonyl (C=O) groups excluding carboxylic acids is 2. The van der Waals surface area contributed by atoms with Crippen LogP contribution in [-0.4, -0.2) is 32.8 Å². The number of amides is 2. The van der Waals surface area contributed by atoms with Crippen molar-refractivity contribution in [3.8, 4) is 0 Å². The number of rotatable bonds is 8. The van der Waals surface area contributed by atoms with Gasteiger partial charge in [-0.3, -0.25) is 9.59 Å². The Hall–Kier alpha value is -2.78. The molecule has 0 radical (unpaired) electrons. The van der Waals surface area contributed by atoms with E-state index in [-0.39, 0.29) is 22.6 Å². The average molecular weight is 476 g/mol. The maximum Gasteiger partial charge on any atom is 0.246 e.